The monoisotopic (exact) mass is 517 g/mol. The Morgan fingerprint density at radius 2 is 1.70 bits per heavy atom. The predicted octanol–water partition coefficient (Wildman–Crippen LogP) is 5.91. The van der Waals surface area contributed by atoms with Gasteiger partial charge in [-0.3, -0.25) is 4.79 Å². The van der Waals surface area contributed by atoms with Gasteiger partial charge in [-0.1, -0.05) is 20.8 Å². The second kappa shape index (κ2) is 12.7. The molecular formula is C32H59N3O2. The van der Waals surface area contributed by atoms with E-state index in [-0.39, 0.29) is 12.1 Å². The highest BCUT2D eigenvalue weighted by atomic mass is 16.5. The molecule has 4 saturated carbocycles. The largest absolute Gasteiger partial charge is 0.463 e. The third-order valence-corrected chi connectivity index (χ3v) is 11.9. The van der Waals surface area contributed by atoms with Gasteiger partial charge in [-0.05, 0) is 144 Å². The van der Waals surface area contributed by atoms with Crippen molar-refractivity contribution in [1.29, 1.82) is 0 Å². The number of rotatable bonds is 12. The Kier molecular flexibility index (Phi) is 10.1. The van der Waals surface area contributed by atoms with Crippen LogP contribution in [0.5, 0.6) is 0 Å². The van der Waals surface area contributed by atoms with Crippen LogP contribution in [0.15, 0.2) is 0 Å². The van der Waals surface area contributed by atoms with Crippen molar-refractivity contribution in [2.24, 2.45) is 52.1 Å². The van der Waals surface area contributed by atoms with Crippen LogP contribution in [-0.2, 0) is 9.53 Å². The maximum atomic E-state index is 12.2. The number of fused-ring (bicyclic) bond motifs is 5. The Bertz CT molecular complexity index is 744. The fourth-order valence-corrected chi connectivity index (χ4v) is 10.0. The lowest BCUT2D eigenvalue weighted by Crippen LogP contribution is -2.55. The zero-order valence-electron chi connectivity index (χ0n) is 24.8. The summed E-state index contributed by atoms with van der Waals surface area (Å²) in [6.45, 7) is 15.6. The lowest BCUT2D eigenvalue weighted by atomic mass is 9.44. The summed E-state index contributed by atoms with van der Waals surface area (Å²) in [5.74, 6) is 5.04. The van der Waals surface area contributed by atoms with Crippen molar-refractivity contribution in [2.45, 2.75) is 124 Å². The number of carbonyl (C=O) groups is 1. The fourth-order valence-electron chi connectivity index (χ4n) is 10.0. The number of ether oxygens (including phenoxy) is 1. The fraction of sp³-hybridized carbons (Fsp3) is 0.969. The molecule has 0 radical (unpaired) electrons. The van der Waals surface area contributed by atoms with Gasteiger partial charge in [0.15, 0.2) is 0 Å². The summed E-state index contributed by atoms with van der Waals surface area (Å²) in [5.41, 5.74) is 6.62. The molecule has 0 aromatic heterocycles. The Balaban J connectivity index is 1.31. The molecule has 4 fully saturated rings. The minimum absolute atomic E-state index is 0.00252. The first-order valence-electron chi connectivity index (χ1n) is 16.0. The minimum atomic E-state index is -0.00976. The average molecular weight is 518 g/mol. The maximum Gasteiger partial charge on any atom is 0.306 e. The van der Waals surface area contributed by atoms with Crippen molar-refractivity contribution in [2.75, 3.05) is 26.2 Å². The first-order valence-corrected chi connectivity index (χ1v) is 16.0. The first kappa shape index (κ1) is 29.3. The topological polar surface area (TPSA) is 76.4 Å². The van der Waals surface area contributed by atoms with Gasteiger partial charge < -0.3 is 21.1 Å². The SMILES string of the molecule is CC(C)OC(=O)CC[C@@H](C)[C@H]1CCC2C3CCC4C[C@@H](NCCNCCCN)CC[C@]4(C)C3CC[C@@]21C. The number of nitrogens with one attached hydrogen (secondary N) is 2. The van der Waals surface area contributed by atoms with Crippen molar-refractivity contribution in [1.82, 2.24) is 10.6 Å². The first-order chi connectivity index (χ1) is 17.7. The molecule has 0 bridgehead atoms. The third kappa shape index (κ3) is 6.40. The van der Waals surface area contributed by atoms with E-state index in [0.717, 1.165) is 68.6 Å². The summed E-state index contributed by atoms with van der Waals surface area (Å²) >= 11 is 0. The molecule has 5 heteroatoms. The summed E-state index contributed by atoms with van der Waals surface area (Å²) in [4.78, 5) is 12.2. The Morgan fingerprint density at radius 1 is 0.946 bits per heavy atom. The molecule has 4 unspecified atom stereocenters. The summed E-state index contributed by atoms with van der Waals surface area (Å²) in [6, 6.07) is 0.707. The van der Waals surface area contributed by atoms with E-state index in [1.54, 1.807) is 0 Å². The standard InChI is InChI=1S/C32H59N3O2/c1-22(2)37-30(36)12-7-23(3)27-10-11-28-26-9-8-24-21-25(35-20-19-34-18-6-17-33)13-15-31(24,4)29(26)14-16-32(27,28)5/h22-29,34-35H,6-21,33H2,1-5H3/t23-,24?,25+,26?,27-,28?,29?,31+,32-/m1/s1. The number of nitrogens with two attached hydrogens (primary N) is 1. The molecule has 4 aliphatic rings. The molecule has 0 aromatic carbocycles. The molecule has 9 atom stereocenters. The van der Waals surface area contributed by atoms with E-state index in [4.69, 9.17) is 10.5 Å². The molecule has 4 aliphatic carbocycles. The number of hydrogen-bond acceptors (Lipinski definition) is 5. The van der Waals surface area contributed by atoms with E-state index in [2.05, 4.69) is 31.4 Å². The van der Waals surface area contributed by atoms with Crippen molar-refractivity contribution in [3.63, 3.8) is 0 Å². The van der Waals surface area contributed by atoms with E-state index in [1.165, 1.54) is 57.8 Å². The summed E-state index contributed by atoms with van der Waals surface area (Å²) in [5, 5.41) is 7.40. The molecule has 0 heterocycles. The van der Waals surface area contributed by atoms with E-state index in [1.807, 2.05) is 13.8 Å². The summed E-state index contributed by atoms with van der Waals surface area (Å²) < 4.78 is 5.43. The van der Waals surface area contributed by atoms with Gasteiger partial charge in [0, 0.05) is 25.6 Å². The van der Waals surface area contributed by atoms with E-state index in [9.17, 15) is 4.79 Å². The minimum Gasteiger partial charge on any atom is -0.463 e. The maximum absolute atomic E-state index is 12.2. The second-order valence-electron chi connectivity index (χ2n) is 14.3. The predicted molar refractivity (Wildman–Crippen MR) is 153 cm³/mol. The molecule has 214 valence electrons. The number of esters is 1. The number of hydrogen-bond donors (Lipinski definition) is 3. The van der Waals surface area contributed by atoms with Crippen LogP contribution in [-0.4, -0.2) is 44.3 Å². The second-order valence-corrected chi connectivity index (χ2v) is 14.3. The zero-order valence-corrected chi connectivity index (χ0v) is 24.8. The van der Waals surface area contributed by atoms with Crippen molar-refractivity contribution in [3.8, 4) is 0 Å². The quantitative estimate of drug-likeness (QED) is 0.222. The van der Waals surface area contributed by atoms with Crippen molar-refractivity contribution < 1.29 is 9.53 Å². The van der Waals surface area contributed by atoms with E-state index in [0.29, 0.717) is 29.2 Å². The van der Waals surface area contributed by atoms with Gasteiger partial charge in [-0.2, -0.15) is 0 Å². The Labute approximate surface area is 228 Å². The molecule has 4 N–H and O–H groups in total. The van der Waals surface area contributed by atoms with Gasteiger partial charge in [0.25, 0.3) is 0 Å². The van der Waals surface area contributed by atoms with Gasteiger partial charge in [-0.25, -0.2) is 0 Å². The third-order valence-electron chi connectivity index (χ3n) is 11.9. The molecule has 0 amide bonds. The molecule has 37 heavy (non-hydrogen) atoms. The Morgan fingerprint density at radius 3 is 2.46 bits per heavy atom. The lowest BCUT2D eigenvalue weighted by Gasteiger charge is -2.61. The highest BCUT2D eigenvalue weighted by molar-refractivity contribution is 5.69. The van der Waals surface area contributed by atoms with E-state index >= 15 is 0 Å². The average Bonchev–Trinajstić information content (AvgIpc) is 3.21. The zero-order chi connectivity index (χ0) is 26.6. The van der Waals surface area contributed by atoms with Gasteiger partial charge in [0.05, 0.1) is 6.10 Å². The van der Waals surface area contributed by atoms with Gasteiger partial charge >= 0.3 is 5.97 Å². The van der Waals surface area contributed by atoms with Crippen LogP contribution in [0, 0.1) is 46.3 Å². The molecule has 0 saturated heterocycles. The smallest absolute Gasteiger partial charge is 0.306 e. The van der Waals surface area contributed by atoms with Crippen LogP contribution in [0.2, 0.25) is 0 Å². The lowest BCUT2D eigenvalue weighted by molar-refractivity contribution is -0.148. The van der Waals surface area contributed by atoms with Crippen LogP contribution in [0.4, 0.5) is 0 Å². The molecule has 0 aromatic rings. The van der Waals surface area contributed by atoms with Crippen LogP contribution in [0.3, 0.4) is 0 Å². The van der Waals surface area contributed by atoms with Gasteiger partial charge in [-0.15, -0.1) is 0 Å². The van der Waals surface area contributed by atoms with Crippen LogP contribution in [0.1, 0.15) is 112 Å². The van der Waals surface area contributed by atoms with E-state index < -0.39 is 0 Å². The molecule has 4 rings (SSSR count). The summed E-state index contributed by atoms with van der Waals surface area (Å²) in [7, 11) is 0. The summed E-state index contributed by atoms with van der Waals surface area (Å²) in [6.07, 6.45) is 15.3. The highest BCUT2D eigenvalue weighted by Crippen LogP contribution is 2.68. The van der Waals surface area contributed by atoms with Gasteiger partial charge in [0.1, 0.15) is 0 Å². The van der Waals surface area contributed by atoms with Crippen LogP contribution >= 0.6 is 0 Å². The van der Waals surface area contributed by atoms with Gasteiger partial charge in [0.2, 0.25) is 0 Å². The Hall–Kier alpha value is -0.650. The molecule has 0 aliphatic heterocycles. The van der Waals surface area contributed by atoms with Crippen molar-refractivity contribution in [3.05, 3.63) is 0 Å². The highest BCUT2D eigenvalue weighted by Gasteiger charge is 2.60. The molecule has 5 nitrogen and oxygen atoms in total. The molecule has 0 spiro atoms. The van der Waals surface area contributed by atoms with Crippen LogP contribution < -0.4 is 16.4 Å². The normalized spacial score (nSPS) is 40.1. The number of carbonyl (C=O) groups excluding carboxylic acids is 1. The van der Waals surface area contributed by atoms with Crippen LogP contribution in [0.25, 0.3) is 0 Å². The molecular weight excluding hydrogens is 458 g/mol. The van der Waals surface area contributed by atoms with Crippen molar-refractivity contribution >= 4 is 5.97 Å².